The van der Waals surface area contributed by atoms with E-state index in [0.29, 0.717) is 12.0 Å². The minimum atomic E-state index is 0.450. The molecule has 0 saturated carbocycles. The molecule has 0 heterocycles. The molecule has 108 valence electrons. The van der Waals surface area contributed by atoms with Gasteiger partial charge in [-0.2, -0.15) is 0 Å². The Labute approximate surface area is 122 Å². The van der Waals surface area contributed by atoms with E-state index in [2.05, 4.69) is 33.0 Å². The maximum absolute atomic E-state index is 6.07. The van der Waals surface area contributed by atoms with Crippen LogP contribution in [-0.4, -0.2) is 12.6 Å². The molecule has 0 unspecified atom stereocenters. The molecule has 1 aromatic carbocycles. The van der Waals surface area contributed by atoms with Crippen molar-refractivity contribution in [3.05, 3.63) is 28.8 Å². The van der Waals surface area contributed by atoms with Crippen molar-refractivity contribution in [3.8, 4) is 5.75 Å². The minimum Gasteiger partial charge on any atom is -0.493 e. The molecule has 0 aromatic heterocycles. The Kier molecular flexibility index (Phi) is 7.25. The summed E-state index contributed by atoms with van der Waals surface area (Å²) < 4.78 is 5.97. The fourth-order valence-electron chi connectivity index (χ4n) is 1.87. The van der Waals surface area contributed by atoms with Crippen LogP contribution >= 0.6 is 11.6 Å². The lowest BCUT2D eigenvalue weighted by molar-refractivity contribution is 0.238. The number of hydrogen-bond acceptors (Lipinski definition) is 2. The van der Waals surface area contributed by atoms with Crippen LogP contribution in [0.25, 0.3) is 0 Å². The topological polar surface area (TPSA) is 21.3 Å². The highest BCUT2D eigenvalue weighted by Gasteiger charge is 2.09. The van der Waals surface area contributed by atoms with Gasteiger partial charge in [-0.05, 0) is 24.1 Å². The van der Waals surface area contributed by atoms with Gasteiger partial charge in [0, 0.05) is 23.2 Å². The van der Waals surface area contributed by atoms with Gasteiger partial charge in [0.05, 0.1) is 6.61 Å². The Hall–Kier alpha value is -0.730. The van der Waals surface area contributed by atoms with E-state index >= 15 is 0 Å². The monoisotopic (exact) mass is 283 g/mol. The van der Waals surface area contributed by atoms with Gasteiger partial charge in [0.1, 0.15) is 5.75 Å². The lowest BCUT2D eigenvalue weighted by Crippen LogP contribution is -2.22. The molecule has 3 heteroatoms. The second-order valence-electron chi connectivity index (χ2n) is 5.28. The molecule has 0 fully saturated rings. The van der Waals surface area contributed by atoms with Gasteiger partial charge in [-0.15, -0.1) is 0 Å². The third-order valence-electron chi connectivity index (χ3n) is 3.35. The van der Waals surface area contributed by atoms with Gasteiger partial charge >= 0.3 is 0 Å². The summed E-state index contributed by atoms with van der Waals surface area (Å²) in [5, 5.41) is 4.17. The number of nitrogens with one attached hydrogen (secondary N) is 1. The summed E-state index contributed by atoms with van der Waals surface area (Å²) >= 11 is 6.07. The fourth-order valence-corrected chi connectivity index (χ4v) is 2.07. The highest BCUT2D eigenvalue weighted by atomic mass is 35.5. The van der Waals surface area contributed by atoms with E-state index in [1.165, 1.54) is 0 Å². The van der Waals surface area contributed by atoms with Crippen LogP contribution in [0.3, 0.4) is 0 Å². The summed E-state index contributed by atoms with van der Waals surface area (Å²) in [6.07, 6.45) is 2.31. The van der Waals surface area contributed by atoms with E-state index in [4.69, 9.17) is 16.3 Å². The molecule has 0 bridgehead atoms. The van der Waals surface area contributed by atoms with Crippen LogP contribution in [0, 0.1) is 5.92 Å². The number of halogens is 1. The zero-order chi connectivity index (χ0) is 14.3. The molecule has 2 nitrogen and oxygen atoms in total. The van der Waals surface area contributed by atoms with Crippen LogP contribution < -0.4 is 10.1 Å². The van der Waals surface area contributed by atoms with E-state index in [1.54, 1.807) is 0 Å². The van der Waals surface area contributed by atoms with E-state index in [1.807, 2.05) is 18.2 Å². The van der Waals surface area contributed by atoms with Crippen molar-refractivity contribution in [1.29, 1.82) is 0 Å². The number of ether oxygens (including phenoxy) is 1. The predicted molar refractivity (Wildman–Crippen MR) is 83.0 cm³/mol. The molecule has 0 spiro atoms. The fraction of sp³-hybridized carbons (Fsp3) is 0.625. The smallest absolute Gasteiger partial charge is 0.123 e. The maximum Gasteiger partial charge on any atom is 0.123 e. The van der Waals surface area contributed by atoms with Gasteiger partial charge in [0.25, 0.3) is 0 Å². The van der Waals surface area contributed by atoms with Crippen LogP contribution in [0.15, 0.2) is 18.2 Å². The van der Waals surface area contributed by atoms with Crippen molar-refractivity contribution in [2.45, 2.75) is 53.1 Å². The van der Waals surface area contributed by atoms with Crippen molar-refractivity contribution in [1.82, 2.24) is 5.32 Å². The quantitative estimate of drug-likeness (QED) is 0.750. The average molecular weight is 284 g/mol. The largest absolute Gasteiger partial charge is 0.493 e. The summed E-state index contributed by atoms with van der Waals surface area (Å²) in [4.78, 5) is 0. The van der Waals surface area contributed by atoms with E-state index in [0.717, 1.165) is 42.3 Å². The van der Waals surface area contributed by atoms with Crippen molar-refractivity contribution in [2.24, 2.45) is 5.92 Å². The van der Waals surface area contributed by atoms with E-state index in [-0.39, 0.29) is 0 Å². The Morgan fingerprint density at radius 3 is 2.47 bits per heavy atom. The molecule has 0 saturated heterocycles. The molecule has 0 radical (unpaired) electrons. The number of hydrogen-bond donors (Lipinski definition) is 1. The summed E-state index contributed by atoms with van der Waals surface area (Å²) in [5.41, 5.74) is 1.13. The summed E-state index contributed by atoms with van der Waals surface area (Å²) in [6.45, 7) is 10.3. The molecule has 1 aromatic rings. The van der Waals surface area contributed by atoms with Crippen molar-refractivity contribution >= 4 is 11.6 Å². The molecule has 0 aliphatic carbocycles. The summed E-state index contributed by atoms with van der Waals surface area (Å²) in [7, 11) is 0. The Balaban J connectivity index is 2.70. The molecule has 19 heavy (non-hydrogen) atoms. The SMILES string of the molecule is CCC(CC)COc1ccc(Cl)cc1CNC(C)C. The van der Waals surface area contributed by atoms with Crippen LogP contribution in [-0.2, 0) is 6.54 Å². The van der Waals surface area contributed by atoms with Crippen LogP contribution in [0.5, 0.6) is 5.75 Å². The lowest BCUT2D eigenvalue weighted by Gasteiger charge is -2.17. The number of benzene rings is 1. The zero-order valence-corrected chi connectivity index (χ0v) is 13.3. The second kappa shape index (κ2) is 8.44. The first-order valence-corrected chi connectivity index (χ1v) is 7.59. The normalized spacial score (nSPS) is 11.3. The average Bonchev–Trinajstić information content (AvgIpc) is 2.39. The standard InChI is InChI=1S/C16H26ClNO/c1-5-13(6-2)11-19-16-8-7-15(17)9-14(16)10-18-12(3)4/h7-9,12-13,18H,5-6,10-11H2,1-4H3. The minimum absolute atomic E-state index is 0.450. The first-order valence-electron chi connectivity index (χ1n) is 7.21. The zero-order valence-electron chi connectivity index (χ0n) is 12.5. The molecule has 1 rings (SSSR count). The molecular weight excluding hydrogens is 258 g/mol. The van der Waals surface area contributed by atoms with E-state index in [9.17, 15) is 0 Å². The van der Waals surface area contributed by atoms with Gasteiger partial charge in [0.15, 0.2) is 0 Å². The van der Waals surface area contributed by atoms with Gasteiger partial charge < -0.3 is 10.1 Å². The van der Waals surface area contributed by atoms with Crippen molar-refractivity contribution in [3.63, 3.8) is 0 Å². The molecule has 0 aliphatic rings. The number of rotatable bonds is 8. The lowest BCUT2D eigenvalue weighted by atomic mass is 10.1. The van der Waals surface area contributed by atoms with Gasteiger partial charge in [-0.1, -0.05) is 52.1 Å². The summed E-state index contributed by atoms with van der Waals surface area (Å²) in [5.74, 6) is 1.58. The molecule has 0 aliphatic heterocycles. The third-order valence-corrected chi connectivity index (χ3v) is 3.59. The van der Waals surface area contributed by atoms with Crippen LogP contribution in [0.2, 0.25) is 5.02 Å². The molecule has 1 N–H and O–H groups in total. The molecule has 0 atom stereocenters. The summed E-state index contributed by atoms with van der Waals surface area (Å²) in [6, 6.07) is 6.30. The first-order chi connectivity index (χ1) is 9.06. The Morgan fingerprint density at radius 1 is 1.21 bits per heavy atom. The Morgan fingerprint density at radius 2 is 1.89 bits per heavy atom. The van der Waals surface area contributed by atoms with Gasteiger partial charge in [-0.25, -0.2) is 0 Å². The molecular formula is C16H26ClNO. The van der Waals surface area contributed by atoms with Crippen LogP contribution in [0.4, 0.5) is 0 Å². The van der Waals surface area contributed by atoms with E-state index < -0.39 is 0 Å². The van der Waals surface area contributed by atoms with Crippen LogP contribution in [0.1, 0.15) is 46.1 Å². The van der Waals surface area contributed by atoms with Gasteiger partial charge in [0.2, 0.25) is 0 Å². The Bertz CT molecular complexity index is 375. The van der Waals surface area contributed by atoms with Gasteiger partial charge in [-0.3, -0.25) is 0 Å². The third kappa shape index (κ3) is 5.84. The van der Waals surface area contributed by atoms with Crippen molar-refractivity contribution in [2.75, 3.05) is 6.61 Å². The highest BCUT2D eigenvalue weighted by Crippen LogP contribution is 2.24. The highest BCUT2D eigenvalue weighted by molar-refractivity contribution is 6.30. The first kappa shape index (κ1) is 16.3. The van der Waals surface area contributed by atoms with Crippen molar-refractivity contribution < 1.29 is 4.74 Å². The second-order valence-corrected chi connectivity index (χ2v) is 5.72. The predicted octanol–water partition coefficient (Wildman–Crippen LogP) is 4.65. The molecule has 0 amide bonds. The maximum atomic E-state index is 6.07.